The Morgan fingerprint density at radius 1 is 1.09 bits per heavy atom. The fourth-order valence-corrected chi connectivity index (χ4v) is 3.03. The Hall–Kier alpha value is -1.65. The number of hydrogen-bond acceptors (Lipinski definition) is 2. The van der Waals surface area contributed by atoms with Crippen molar-refractivity contribution in [1.29, 1.82) is 0 Å². The van der Waals surface area contributed by atoms with Gasteiger partial charge in [0.1, 0.15) is 0 Å². The third-order valence-corrected chi connectivity index (χ3v) is 4.80. The first kappa shape index (κ1) is 16.7. The highest BCUT2D eigenvalue weighted by atomic mass is 35.5. The molecule has 2 rings (SSSR count). The average molecular weight is 336 g/mol. The van der Waals surface area contributed by atoms with Crippen LogP contribution < -0.4 is 5.32 Å². The van der Waals surface area contributed by atoms with Gasteiger partial charge >= 0.3 is 0 Å². The van der Waals surface area contributed by atoms with Gasteiger partial charge in [0, 0.05) is 22.2 Å². The van der Waals surface area contributed by atoms with Crippen LogP contribution in [-0.4, -0.2) is 22.4 Å². The SMILES string of the molecule is Cc1ccc([S@](=O)CCNC(=O)Cc2ccc(Cl)cc2)cc1. The molecule has 1 atom stereocenters. The topological polar surface area (TPSA) is 46.2 Å². The smallest absolute Gasteiger partial charge is 0.224 e. The van der Waals surface area contributed by atoms with Crippen LogP contribution >= 0.6 is 11.6 Å². The summed E-state index contributed by atoms with van der Waals surface area (Å²) in [4.78, 5) is 12.6. The quantitative estimate of drug-likeness (QED) is 0.881. The van der Waals surface area contributed by atoms with Crippen LogP contribution in [0.4, 0.5) is 0 Å². The normalized spacial score (nSPS) is 11.9. The van der Waals surface area contributed by atoms with Crippen LogP contribution in [0.3, 0.4) is 0 Å². The van der Waals surface area contributed by atoms with Gasteiger partial charge in [0.15, 0.2) is 0 Å². The maximum atomic E-state index is 12.1. The Bertz CT molecular complexity index is 653. The fourth-order valence-electron chi connectivity index (χ4n) is 1.94. The Morgan fingerprint density at radius 2 is 1.73 bits per heavy atom. The van der Waals surface area contributed by atoms with Crippen LogP contribution in [0, 0.1) is 6.92 Å². The highest BCUT2D eigenvalue weighted by Gasteiger charge is 2.06. The van der Waals surface area contributed by atoms with E-state index in [1.165, 1.54) is 0 Å². The lowest BCUT2D eigenvalue weighted by molar-refractivity contribution is -0.120. The Morgan fingerprint density at radius 3 is 2.36 bits per heavy atom. The summed E-state index contributed by atoms with van der Waals surface area (Å²) in [6.45, 7) is 2.39. The lowest BCUT2D eigenvalue weighted by Crippen LogP contribution is -2.29. The van der Waals surface area contributed by atoms with Crippen molar-refractivity contribution in [3.8, 4) is 0 Å². The van der Waals surface area contributed by atoms with Crippen LogP contribution in [0.2, 0.25) is 5.02 Å². The molecule has 0 saturated heterocycles. The zero-order chi connectivity index (χ0) is 15.9. The minimum atomic E-state index is -1.09. The van der Waals surface area contributed by atoms with Gasteiger partial charge in [-0.15, -0.1) is 0 Å². The van der Waals surface area contributed by atoms with E-state index in [0.29, 0.717) is 23.7 Å². The van der Waals surface area contributed by atoms with E-state index in [1.54, 1.807) is 12.1 Å². The predicted molar refractivity (Wildman–Crippen MR) is 90.6 cm³/mol. The van der Waals surface area contributed by atoms with E-state index < -0.39 is 10.8 Å². The lowest BCUT2D eigenvalue weighted by atomic mass is 10.1. The van der Waals surface area contributed by atoms with Crippen molar-refractivity contribution in [2.24, 2.45) is 0 Å². The summed E-state index contributed by atoms with van der Waals surface area (Å²) < 4.78 is 12.1. The number of carbonyl (C=O) groups excluding carboxylic acids is 1. The van der Waals surface area contributed by atoms with Gasteiger partial charge in [-0.1, -0.05) is 41.4 Å². The van der Waals surface area contributed by atoms with Crippen molar-refractivity contribution in [2.45, 2.75) is 18.2 Å². The molecule has 0 aliphatic carbocycles. The minimum Gasteiger partial charge on any atom is -0.355 e. The van der Waals surface area contributed by atoms with Crippen molar-refractivity contribution < 1.29 is 9.00 Å². The van der Waals surface area contributed by atoms with Gasteiger partial charge in [-0.05, 0) is 36.8 Å². The predicted octanol–water partition coefficient (Wildman–Crippen LogP) is 3.11. The van der Waals surface area contributed by atoms with Gasteiger partial charge in [0.2, 0.25) is 5.91 Å². The highest BCUT2D eigenvalue weighted by molar-refractivity contribution is 7.85. The summed E-state index contributed by atoms with van der Waals surface area (Å²) in [7, 11) is -1.09. The Balaban J connectivity index is 1.75. The van der Waals surface area contributed by atoms with Crippen molar-refractivity contribution in [3.63, 3.8) is 0 Å². The van der Waals surface area contributed by atoms with Crippen LogP contribution in [0.5, 0.6) is 0 Å². The van der Waals surface area contributed by atoms with E-state index in [9.17, 15) is 9.00 Å². The molecule has 1 amide bonds. The second-order valence-corrected chi connectivity index (χ2v) is 7.02. The largest absolute Gasteiger partial charge is 0.355 e. The molecule has 3 nitrogen and oxygen atoms in total. The number of rotatable bonds is 6. The first-order valence-electron chi connectivity index (χ1n) is 7.01. The monoisotopic (exact) mass is 335 g/mol. The summed E-state index contributed by atoms with van der Waals surface area (Å²) in [6.07, 6.45) is 0.300. The Labute approximate surface area is 138 Å². The van der Waals surface area contributed by atoms with Crippen molar-refractivity contribution in [1.82, 2.24) is 5.32 Å². The number of amides is 1. The van der Waals surface area contributed by atoms with Crippen LogP contribution in [0.1, 0.15) is 11.1 Å². The molecule has 0 saturated carbocycles. The van der Waals surface area contributed by atoms with Crippen LogP contribution in [0.15, 0.2) is 53.4 Å². The standard InChI is InChI=1S/C17H18ClNO2S/c1-13-2-8-16(9-3-13)22(21)11-10-19-17(20)12-14-4-6-15(18)7-5-14/h2-9H,10-12H2,1H3,(H,19,20)/t22-/m1/s1. The highest BCUT2D eigenvalue weighted by Crippen LogP contribution is 2.10. The fraction of sp³-hybridized carbons (Fsp3) is 0.235. The summed E-state index contributed by atoms with van der Waals surface area (Å²) in [5.41, 5.74) is 2.04. The zero-order valence-corrected chi connectivity index (χ0v) is 13.9. The summed E-state index contributed by atoms with van der Waals surface area (Å²) in [6, 6.07) is 14.8. The molecule has 0 aliphatic heterocycles. The number of benzene rings is 2. The van der Waals surface area contributed by atoms with E-state index >= 15 is 0 Å². The van der Waals surface area contributed by atoms with E-state index in [1.807, 2.05) is 43.3 Å². The maximum absolute atomic E-state index is 12.1. The number of nitrogens with one attached hydrogen (secondary N) is 1. The van der Waals surface area contributed by atoms with Crippen molar-refractivity contribution in [3.05, 3.63) is 64.7 Å². The Kier molecular flexibility index (Phi) is 6.16. The minimum absolute atomic E-state index is 0.0803. The van der Waals surface area contributed by atoms with Gasteiger partial charge < -0.3 is 5.32 Å². The molecule has 0 aliphatic rings. The molecular formula is C17H18ClNO2S. The van der Waals surface area contributed by atoms with E-state index in [4.69, 9.17) is 11.6 Å². The molecule has 116 valence electrons. The van der Waals surface area contributed by atoms with Gasteiger partial charge in [0.05, 0.1) is 17.2 Å². The third-order valence-electron chi connectivity index (χ3n) is 3.17. The number of aryl methyl sites for hydroxylation is 1. The molecular weight excluding hydrogens is 318 g/mol. The molecule has 0 fully saturated rings. The first-order valence-corrected chi connectivity index (χ1v) is 8.70. The maximum Gasteiger partial charge on any atom is 0.224 e. The molecule has 1 N–H and O–H groups in total. The van der Waals surface area contributed by atoms with Crippen LogP contribution in [-0.2, 0) is 22.0 Å². The van der Waals surface area contributed by atoms with Gasteiger partial charge in [-0.25, -0.2) is 0 Å². The molecule has 2 aromatic rings. The molecule has 5 heteroatoms. The molecule has 0 spiro atoms. The molecule has 0 radical (unpaired) electrons. The van der Waals surface area contributed by atoms with Crippen LogP contribution in [0.25, 0.3) is 0 Å². The van der Waals surface area contributed by atoms with Crippen molar-refractivity contribution >= 4 is 28.3 Å². The molecule has 22 heavy (non-hydrogen) atoms. The van der Waals surface area contributed by atoms with E-state index in [-0.39, 0.29) is 5.91 Å². The average Bonchev–Trinajstić information content (AvgIpc) is 2.50. The second-order valence-electron chi connectivity index (χ2n) is 5.02. The number of hydrogen-bond donors (Lipinski definition) is 1. The summed E-state index contributed by atoms with van der Waals surface area (Å²) >= 11 is 5.80. The number of carbonyl (C=O) groups is 1. The van der Waals surface area contributed by atoms with Gasteiger partial charge in [-0.2, -0.15) is 0 Å². The zero-order valence-electron chi connectivity index (χ0n) is 12.3. The summed E-state index contributed by atoms with van der Waals surface area (Å²) in [5.74, 6) is 0.332. The van der Waals surface area contributed by atoms with Gasteiger partial charge in [-0.3, -0.25) is 9.00 Å². The van der Waals surface area contributed by atoms with E-state index in [2.05, 4.69) is 5.32 Å². The molecule has 0 aromatic heterocycles. The van der Waals surface area contributed by atoms with E-state index in [0.717, 1.165) is 16.0 Å². The number of halogens is 1. The second kappa shape index (κ2) is 8.11. The molecule has 0 heterocycles. The lowest BCUT2D eigenvalue weighted by Gasteiger charge is -2.06. The molecule has 0 bridgehead atoms. The third kappa shape index (κ3) is 5.28. The molecule has 2 aromatic carbocycles. The van der Waals surface area contributed by atoms with Gasteiger partial charge in [0.25, 0.3) is 0 Å². The summed E-state index contributed by atoms with van der Waals surface area (Å²) in [5, 5.41) is 3.44. The molecule has 0 unspecified atom stereocenters. The van der Waals surface area contributed by atoms with Crippen molar-refractivity contribution in [2.75, 3.05) is 12.3 Å². The first-order chi connectivity index (χ1) is 10.5.